The number of hydrogen-bond donors (Lipinski definition) is 0. The molecule has 0 aliphatic heterocycles. The van der Waals surface area contributed by atoms with E-state index < -0.39 is 0 Å². The zero-order chi connectivity index (χ0) is 38.0. The smallest absolute Gasteiger partial charge is 0.186 e. The number of Topliss-reactive ketones (excluding diaryl/α,β-unsaturated/α-hetero) is 2. The van der Waals surface area contributed by atoms with Gasteiger partial charge in [-0.25, -0.2) is 0 Å². The zero-order valence-electron chi connectivity index (χ0n) is 31.8. The number of rotatable bonds is 6. The maximum absolute atomic E-state index is 13.2. The van der Waals surface area contributed by atoms with Crippen LogP contribution >= 0.6 is 11.6 Å². The number of nitrogens with zero attached hydrogens (tertiary/aromatic N) is 4. The predicted molar refractivity (Wildman–Crippen MR) is 214 cm³/mol. The number of hydrogen-bond acceptors (Lipinski definition) is 6. The number of allylic oxidation sites excluding steroid dienone is 10. The van der Waals surface area contributed by atoms with Crippen molar-refractivity contribution in [2.45, 2.75) is 69.2 Å². The summed E-state index contributed by atoms with van der Waals surface area (Å²) in [6.45, 7) is 20.2. The Morgan fingerprint density at radius 1 is 0.635 bits per heavy atom. The summed E-state index contributed by atoms with van der Waals surface area (Å²) in [4.78, 5) is 26.2. The lowest BCUT2D eigenvalue weighted by atomic mass is 9.72. The molecule has 7 heteroatoms. The van der Waals surface area contributed by atoms with Crippen molar-refractivity contribution in [1.82, 2.24) is 0 Å². The third kappa shape index (κ3) is 8.86. The number of ketones is 2. The van der Waals surface area contributed by atoms with Crippen LogP contribution in [0.5, 0.6) is 0 Å². The Balaban J connectivity index is 1.38. The molecule has 0 fully saturated rings. The molecule has 0 saturated carbocycles. The van der Waals surface area contributed by atoms with E-state index in [-0.39, 0.29) is 27.8 Å². The Hall–Kier alpha value is -5.07. The highest BCUT2D eigenvalue weighted by Gasteiger charge is 2.34. The highest BCUT2D eigenvalue weighted by molar-refractivity contribution is 6.33. The fraction of sp³-hybridized carbons (Fsp3) is 0.289. The summed E-state index contributed by atoms with van der Waals surface area (Å²) in [5.74, 6) is 0.137. The van der Waals surface area contributed by atoms with E-state index in [9.17, 15) is 9.59 Å². The Morgan fingerprint density at radius 2 is 1.19 bits per heavy atom. The van der Waals surface area contributed by atoms with Crippen molar-refractivity contribution in [3.05, 3.63) is 147 Å². The molecular weight excluding hydrogens is 664 g/mol. The number of azo groups is 2. The number of carbonyl (C=O) groups is 2. The van der Waals surface area contributed by atoms with Gasteiger partial charge in [0.05, 0.1) is 16.9 Å². The molecule has 2 aliphatic rings. The third-order valence-electron chi connectivity index (χ3n) is 8.92. The SMILES string of the molecule is CC1=C/C(=C(\N=N\c2ccc(-c3ccc(/N=N/C=C4C=C(C(C)(C)C)C(=O)C(C(C)(C)C)=C4)c(Cl)c3)cc2)c2ccccc2)C=C(C(C)(C)C)C1=O. The minimum absolute atomic E-state index is 0.0576. The van der Waals surface area contributed by atoms with E-state index in [4.69, 9.17) is 16.7 Å². The van der Waals surface area contributed by atoms with E-state index in [1.54, 1.807) is 6.20 Å². The van der Waals surface area contributed by atoms with E-state index in [2.05, 4.69) is 15.3 Å². The summed E-state index contributed by atoms with van der Waals surface area (Å²) in [6, 6.07) is 23.3. The first-order chi connectivity index (χ1) is 24.3. The highest BCUT2D eigenvalue weighted by Crippen LogP contribution is 2.40. The molecule has 0 unspecified atom stereocenters. The van der Waals surface area contributed by atoms with Gasteiger partial charge < -0.3 is 0 Å². The van der Waals surface area contributed by atoms with Gasteiger partial charge in [-0.3, -0.25) is 9.59 Å². The van der Waals surface area contributed by atoms with Crippen molar-refractivity contribution in [3.8, 4) is 11.1 Å². The van der Waals surface area contributed by atoms with Gasteiger partial charge in [0, 0.05) is 27.9 Å². The van der Waals surface area contributed by atoms with Gasteiger partial charge in [-0.2, -0.15) is 10.2 Å². The molecule has 0 aromatic heterocycles. The topological polar surface area (TPSA) is 83.6 Å². The van der Waals surface area contributed by atoms with Crippen LogP contribution in [0.3, 0.4) is 0 Å². The first kappa shape index (κ1) is 38.2. The van der Waals surface area contributed by atoms with Crippen LogP contribution in [0.2, 0.25) is 5.02 Å². The van der Waals surface area contributed by atoms with Crippen molar-refractivity contribution in [1.29, 1.82) is 0 Å². The van der Waals surface area contributed by atoms with Gasteiger partial charge in [-0.1, -0.05) is 122 Å². The Kier molecular flexibility index (Phi) is 10.9. The number of benzene rings is 3. The fourth-order valence-corrected chi connectivity index (χ4v) is 6.16. The summed E-state index contributed by atoms with van der Waals surface area (Å²) < 4.78 is 0. The first-order valence-electron chi connectivity index (χ1n) is 17.5. The van der Waals surface area contributed by atoms with E-state index in [1.165, 1.54) is 0 Å². The molecule has 3 aromatic rings. The summed E-state index contributed by atoms with van der Waals surface area (Å²) in [5, 5.41) is 18.5. The zero-order valence-corrected chi connectivity index (χ0v) is 32.6. The summed E-state index contributed by atoms with van der Waals surface area (Å²) in [7, 11) is 0. The molecule has 266 valence electrons. The summed E-state index contributed by atoms with van der Waals surface area (Å²) >= 11 is 6.68. The Morgan fingerprint density at radius 3 is 1.75 bits per heavy atom. The van der Waals surface area contributed by atoms with Crippen LogP contribution in [0.1, 0.15) is 74.8 Å². The van der Waals surface area contributed by atoms with Gasteiger partial charge >= 0.3 is 0 Å². The lowest BCUT2D eigenvalue weighted by Gasteiger charge is -2.31. The van der Waals surface area contributed by atoms with Crippen LogP contribution in [-0.2, 0) is 9.59 Å². The van der Waals surface area contributed by atoms with Crippen molar-refractivity contribution in [2.75, 3.05) is 0 Å². The van der Waals surface area contributed by atoms with Gasteiger partial charge in [0.2, 0.25) is 0 Å². The van der Waals surface area contributed by atoms with Gasteiger partial charge in [0.1, 0.15) is 11.4 Å². The quantitative estimate of drug-likeness (QED) is 0.239. The van der Waals surface area contributed by atoms with Crippen LogP contribution in [0, 0.1) is 16.2 Å². The number of halogens is 1. The average molecular weight is 711 g/mol. The van der Waals surface area contributed by atoms with Crippen molar-refractivity contribution in [2.24, 2.45) is 36.7 Å². The second-order valence-electron chi connectivity index (χ2n) is 16.3. The first-order valence-corrected chi connectivity index (χ1v) is 17.9. The second-order valence-corrected chi connectivity index (χ2v) is 16.7. The molecular formula is C45H47ClN4O2. The standard InChI is InChI=1S/C45H47ClN4O2/c1-28-22-33(25-37(41(28)51)45(8,9)10)40(31-14-12-11-13-15-31)50-48-34-19-16-30(17-20-34)32-18-21-39(38(46)26-32)49-47-27-29-23-35(43(2,3)4)42(52)36(24-29)44(5,6)7/h11-27H,1-10H3/b40-33+,49-47+,50-48+. The lowest BCUT2D eigenvalue weighted by Crippen LogP contribution is -2.27. The minimum atomic E-state index is -0.312. The van der Waals surface area contributed by atoms with Gasteiger partial charge in [-0.15, -0.1) is 10.2 Å². The fourth-order valence-electron chi connectivity index (χ4n) is 5.94. The van der Waals surface area contributed by atoms with Crippen LogP contribution in [0.15, 0.2) is 157 Å². The summed E-state index contributed by atoms with van der Waals surface area (Å²) in [5.41, 5.74) is 8.41. The van der Waals surface area contributed by atoms with Crippen molar-refractivity contribution >= 4 is 40.2 Å². The molecule has 0 saturated heterocycles. The average Bonchev–Trinajstić information content (AvgIpc) is 3.07. The molecule has 0 heterocycles. The second kappa shape index (κ2) is 14.9. The van der Waals surface area contributed by atoms with E-state index in [0.717, 1.165) is 44.6 Å². The van der Waals surface area contributed by atoms with Gasteiger partial charge in [0.15, 0.2) is 11.6 Å². The molecule has 0 radical (unpaired) electrons. The van der Waals surface area contributed by atoms with E-state index in [0.29, 0.717) is 27.7 Å². The Labute approximate surface area is 313 Å². The largest absolute Gasteiger partial charge is 0.289 e. The summed E-state index contributed by atoms with van der Waals surface area (Å²) in [6.07, 6.45) is 9.32. The molecule has 0 bridgehead atoms. The van der Waals surface area contributed by atoms with E-state index in [1.807, 2.05) is 166 Å². The lowest BCUT2D eigenvalue weighted by molar-refractivity contribution is -0.114. The van der Waals surface area contributed by atoms with Gasteiger partial charge in [0.25, 0.3) is 0 Å². The molecule has 5 rings (SSSR count). The predicted octanol–water partition coefficient (Wildman–Crippen LogP) is 13.5. The van der Waals surface area contributed by atoms with Crippen LogP contribution in [-0.4, -0.2) is 11.6 Å². The highest BCUT2D eigenvalue weighted by atomic mass is 35.5. The van der Waals surface area contributed by atoms with Crippen LogP contribution in [0.25, 0.3) is 16.8 Å². The van der Waals surface area contributed by atoms with Crippen LogP contribution < -0.4 is 0 Å². The molecule has 6 nitrogen and oxygen atoms in total. The van der Waals surface area contributed by atoms with E-state index >= 15 is 0 Å². The van der Waals surface area contributed by atoms with Crippen LogP contribution in [0.4, 0.5) is 11.4 Å². The Bertz CT molecular complexity index is 2120. The molecule has 0 amide bonds. The molecule has 0 N–H and O–H groups in total. The third-order valence-corrected chi connectivity index (χ3v) is 9.22. The van der Waals surface area contributed by atoms with Crippen molar-refractivity contribution in [3.63, 3.8) is 0 Å². The molecule has 52 heavy (non-hydrogen) atoms. The molecule has 2 aliphatic carbocycles. The molecule has 3 aromatic carbocycles. The normalized spacial score (nSPS) is 16.9. The monoisotopic (exact) mass is 710 g/mol. The molecule has 0 atom stereocenters. The molecule has 0 spiro atoms. The minimum Gasteiger partial charge on any atom is -0.289 e. The number of carbonyl (C=O) groups excluding carboxylic acids is 2. The maximum Gasteiger partial charge on any atom is 0.186 e. The maximum atomic E-state index is 13.2. The van der Waals surface area contributed by atoms with Gasteiger partial charge in [-0.05, 0) is 94.0 Å². The van der Waals surface area contributed by atoms with Crippen molar-refractivity contribution < 1.29 is 9.59 Å².